The Hall–Kier alpha value is -2.75. The van der Waals surface area contributed by atoms with E-state index < -0.39 is 0 Å². The van der Waals surface area contributed by atoms with Gasteiger partial charge in [0, 0.05) is 11.0 Å². The van der Waals surface area contributed by atoms with Gasteiger partial charge < -0.3 is 9.84 Å². The molecule has 130 valence electrons. The van der Waals surface area contributed by atoms with Gasteiger partial charge in [-0.1, -0.05) is 50.6 Å². The number of aryl methyl sites for hydroxylation is 1. The highest BCUT2D eigenvalue weighted by atomic mass is 16.5. The van der Waals surface area contributed by atoms with Crippen molar-refractivity contribution >= 4 is 0 Å². The molecule has 0 bridgehead atoms. The Labute approximate surface area is 148 Å². The minimum atomic E-state index is -0.263. The van der Waals surface area contributed by atoms with Gasteiger partial charge in [-0.2, -0.15) is 5.10 Å². The van der Waals surface area contributed by atoms with Gasteiger partial charge in [0.05, 0.1) is 12.8 Å². The van der Waals surface area contributed by atoms with Crippen molar-refractivity contribution in [2.75, 3.05) is 7.11 Å². The topological polar surface area (TPSA) is 47.3 Å². The summed E-state index contributed by atoms with van der Waals surface area (Å²) in [4.78, 5) is 0. The van der Waals surface area contributed by atoms with E-state index in [-0.39, 0.29) is 11.2 Å². The van der Waals surface area contributed by atoms with E-state index in [0.717, 1.165) is 17.0 Å². The molecule has 0 spiro atoms. The van der Waals surface area contributed by atoms with Crippen molar-refractivity contribution < 1.29 is 9.84 Å². The Morgan fingerprint density at radius 2 is 1.56 bits per heavy atom. The minimum Gasteiger partial charge on any atom is -0.504 e. The number of aromatic hydroxyl groups is 1. The highest BCUT2D eigenvalue weighted by Crippen LogP contribution is 2.39. The quantitative estimate of drug-likeness (QED) is 0.743. The second-order valence-corrected chi connectivity index (χ2v) is 7.27. The molecule has 0 amide bonds. The fourth-order valence-electron chi connectivity index (χ4n) is 2.80. The van der Waals surface area contributed by atoms with Crippen LogP contribution in [0.15, 0.2) is 48.5 Å². The molecule has 3 rings (SSSR count). The Bertz CT molecular complexity index is 870. The Balaban J connectivity index is 2.23. The molecule has 0 saturated heterocycles. The smallest absolute Gasteiger partial charge is 0.166 e. The summed E-state index contributed by atoms with van der Waals surface area (Å²) in [6, 6.07) is 15.8. The third kappa shape index (κ3) is 3.25. The molecule has 2 aromatic carbocycles. The SMILES string of the molecule is COc1ccc(-n2nc(C(C)(C)C)c(O)c2-c2ccc(C)cc2)cc1. The lowest BCUT2D eigenvalue weighted by molar-refractivity contribution is 0.414. The van der Waals surface area contributed by atoms with Crippen molar-refractivity contribution in [1.82, 2.24) is 9.78 Å². The molecule has 0 saturated carbocycles. The second-order valence-electron chi connectivity index (χ2n) is 7.27. The lowest BCUT2D eigenvalue weighted by Crippen LogP contribution is -2.12. The van der Waals surface area contributed by atoms with Crippen molar-refractivity contribution in [3.8, 4) is 28.4 Å². The summed E-state index contributed by atoms with van der Waals surface area (Å²) in [5.41, 5.74) is 4.11. The Morgan fingerprint density at radius 3 is 2.08 bits per heavy atom. The zero-order chi connectivity index (χ0) is 18.2. The second kappa shape index (κ2) is 6.28. The van der Waals surface area contributed by atoms with Crippen LogP contribution in [0.3, 0.4) is 0 Å². The first-order chi connectivity index (χ1) is 11.8. The fraction of sp³-hybridized carbons (Fsp3) is 0.286. The van der Waals surface area contributed by atoms with Gasteiger partial charge in [-0.3, -0.25) is 0 Å². The van der Waals surface area contributed by atoms with Gasteiger partial charge in [-0.25, -0.2) is 4.68 Å². The molecule has 0 fully saturated rings. The number of ether oxygens (including phenoxy) is 1. The fourth-order valence-corrected chi connectivity index (χ4v) is 2.80. The molecule has 1 aromatic heterocycles. The van der Waals surface area contributed by atoms with E-state index >= 15 is 0 Å². The van der Waals surface area contributed by atoms with E-state index in [2.05, 4.69) is 0 Å². The third-order valence-corrected chi connectivity index (χ3v) is 4.21. The predicted molar refractivity (Wildman–Crippen MR) is 101 cm³/mol. The van der Waals surface area contributed by atoms with Gasteiger partial charge in [0.15, 0.2) is 5.75 Å². The molecule has 0 aliphatic heterocycles. The molecule has 0 unspecified atom stereocenters. The Morgan fingerprint density at radius 1 is 0.960 bits per heavy atom. The lowest BCUT2D eigenvalue weighted by Gasteiger charge is -2.15. The first-order valence-corrected chi connectivity index (χ1v) is 8.35. The maximum atomic E-state index is 10.9. The molecule has 0 aliphatic rings. The third-order valence-electron chi connectivity index (χ3n) is 4.21. The number of nitrogens with zero attached hydrogens (tertiary/aromatic N) is 2. The van der Waals surface area contributed by atoms with Gasteiger partial charge in [0.1, 0.15) is 17.1 Å². The van der Waals surface area contributed by atoms with Crippen LogP contribution in [0, 0.1) is 6.92 Å². The van der Waals surface area contributed by atoms with Crippen LogP contribution < -0.4 is 4.74 Å². The van der Waals surface area contributed by atoms with Crippen LogP contribution in [-0.4, -0.2) is 22.0 Å². The monoisotopic (exact) mass is 336 g/mol. The molecule has 4 heteroatoms. The average molecular weight is 336 g/mol. The molecule has 3 aromatic rings. The highest BCUT2D eigenvalue weighted by Gasteiger charge is 2.28. The minimum absolute atomic E-state index is 0.229. The van der Waals surface area contributed by atoms with Crippen molar-refractivity contribution in [3.63, 3.8) is 0 Å². The van der Waals surface area contributed by atoms with Crippen LogP contribution in [0.5, 0.6) is 11.5 Å². The largest absolute Gasteiger partial charge is 0.504 e. The van der Waals surface area contributed by atoms with Crippen LogP contribution in [0.25, 0.3) is 16.9 Å². The maximum Gasteiger partial charge on any atom is 0.166 e. The molecule has 0 radical (unpaired) electrons. The van der Waals surface area contributed by atoms with Gasteiger partial charge >= 0.3 is 0 Å². The number of rotatable bonds is 3. The van der Waals surface area contributed by atoms with Crippen molar-refractivity contribution in [2.45, 2.75) is 33.1 Å². The number of hydrogen-bond acceptors (Lipinski definition) is 3. The van der Waals surface area contributed by atoms with Crippen molar-refractivity contribution in [3.05, 3.63) is 59.8 Å². The molecule has 0 atom stereocenters. The lowest BCUT2D eigenvalue weighted by atomic mass is 9.91. The average Bonchev–Trinajstić information content (AvgIpc) is 2.93. The molecular weight excluding hydrogens is 312 g/mol. The summed E-state index contributed by atoms with van der Waals surface area (Å²) in [6.45, 7) is 8.19. The highest BCUT2D eigenvalue weighted by molar-refractivity contribution is 5.71. The predicted octanol–water partition coefficient (Wildman–Crippen LogP) is 4.86. The van der Waals surface area contributed by atoms with Crippen LogP contribution in [0.2, 0.25) is 0 Å². The normalized spacial score (nSPS) is 11.6. The first kappa shape index (κ1) is 17.1. The van der Waals surface area contributed by atoms with Gasteiger partial charge in [-0.15, -0.1) is 0 Å². The van der Waals surface area contributed by atoms with Crippen LogP contribution in [-0.2, 0) is 5.41 Å². The van der Waals surface area contributed by atoms with Crippen LogP contribution in [0.4, 0.5) is 0 Å². The van der Waals surface area contributed by atoms with Crippen molar-refractivity contribution in [1.29, 1.82) is 0 Å². The zero-order valence-electron chi connectivity index (χ0n) is 15.4. The summed E-state index contributed by atoms with van der Waals surface area (Å²) in [5, 5.41) is 15.7. The molecule has 1 N–H and O–H groups in total. The molecule has 25 heavy (non-hydrogen) atoms. The van der Waals surface area contributed by atoms with Crippen molar-refractivity contribution in [2.24, 2.45) is 0 Å². The summed E-state index contributed by atoms with van der Waals surface area (Å²) in [7, 11) is 1.64. The van der Waals surface area contributed by atoms with E-state index in [1.165, 1.54) is 5.56 Å². The van der Waals surface area contributed by atoms with E-state index in [9.17, 15) is 5.11 Å². The molecular formula is C21H24N2O2. The summed E-state index contributed by atoms with van der Waals surface area (Å²) in [5.74, 6) is 1.01. The summed E-state index contributed by atoms with van der Waals surface area (Å²) < 4.78 is 7.04. The molecule has 4 nitrogen and oxygen atoms in total. The van der Waals surface area contributed by atoms with Gasteiger partial charge in [0.25, 0.3) is 0 Å². The number of methoxy groups -OCH3 is 1. The number of aromatic nitrogens is 2. The number of benzene rings is 2. The summed E-state index contributed by atoms with van der Waals surface area (Å²) in [6.07, 6.45) is 0. The Kier molecular flexibility index (Phi) is 4.29. The van der Waals surface area contributed by atoms with Gasteiger partial charge in [0.2, 0.25) is 0 Å². The molecule has 0 aliphatic carbocycles. The van der Waals surface area contributed by atoms with E-state index in [4.69, 9.17) is 9.84 Å². The number of hydrogen-bond donors (Lipinski definition) is 1. The van der Waals surface area contributed by atoms with E-state index in [0.29, 0.717) is 11.4 Å². The van der Waals surface area contributed by atoms with Crippen LogP contribution >= 0.6 is 0 Å². The van der Waals surface area contributed by atoms with E-state index in [1.807, 2.05) is 76.2 Å². The van der Waals surface area contributed by atoms with Gasteiger partial charge in [-0.05, 0) is 31.2 Å². The first-order valence-electron chi connectivity index (χ1n) is 8.35. The van der Waals surface area contributed by atoms with E-state index in [1.54, 1.807) is 11.8 Å². The van der Waals surface area contributed by atoms with Crippen LogP contribution in [0.1, 0.15) is 32.0 Å². The maximum absolute atomic E-state index is 10.9. The molecule has 1 heterocycles. The standard InChI is InChI=1S/C21H24N2O2/c1-14-6-8-15(9-7-14)18-19(24)20(21(2,3)4)22-23(18)16-10-12-17(25-5)13-11-16/h6-13,24H,1-5H3. The zero-order valence-corrected chi connectivity index (χ0v) is 15.4. The summed E-state index contributed by atoms with van der Waals surface area (Å²) >= 11 is 0.